The van der Waals surface area contributed by atoms with E-state index >= 15 is 0 Å². The molecule has 0 atom stereocenters. The highest BCUT2D eigenvalue weighted by atomic mass is 16.1. The Bertz CT molecular complexity index is 400. The van der Waals surface area contributed by atoms with E-state index in [2.05, 4.69) is 33.8 Å². The zero-order valence-corrected chi connectivity index (χ0v) is 10.6. The number of aryl methyl sites for hydroxylation is 1. The maximum absolute atomic E-state index is 11.7. The summed E-state index contributed by atoms with van der Waals surface area (Å²) in [5, 5.41) is 0. The van der Waals surface area contributed by atoms with Gasteiger partial charge in [0.25, 0.3) is 0 Å². The van der Waals surface area contributed by atoms with E-state index in [1.165, 1.54) is 16.7 Å². The van der Waals surface area contributed by atoms with Crippen LogP contribution in [0.15, 0.2) is 6.07 Å². The average molecular weight is 204 g/mol. The minimum absolute atomic E-state index is 0.180. The number of benzene rings is 1. The second kappa shape index (κ2) is 4.18. The summed E-state index contributed by atoms with van der Waals surface area (Å²) in [7, 11) is 0. The Morgan fingerprint density at radius 1 is 1.13 bits per heavy atom. The first-order chi connectivity index (χ1) is 6.86. The molecule has 0 saturated carbocycles. The molecule has 0 N–H and O–H groups in total. The number of carbonyl (C=O) groups excluding carboxylic acids is 1. The molecule has 0 aliphatic rings. The molecule has 1 rings (SSSR count). The van der Waals surface area contributed by atoms with E-state index in [0.29, 0.717) is 5.92 Å². The highest BCUT2D eigenvalue weighted by Crippen LogP contribution is 2.27. The fourth-order valence-electron chi connectivity index (χ4n) is 2.04. The zero-order chi connectivity index (χ0) is 11.7. The van der Waals surface area contributed by atoms with Crippen LogP contribution in [0.1, 0.15) is 59.3 Å². The van der Waals surface area contributed by atoms with Crippen LogP contribution in [-0.2, 0) is 0 Å². The molecule has 0 unspecified atom stereocenters. The molecular formula is C14H20O. The number of ketones is 1. The van der Waals surface area contributed by atoms with Gasteiger partial charge in [-0.2, -0.15) is 0 Å². The normalized spacial score (nSPS) is 10.9. The topological polar surface area (TPSA) is 17.1 Å². The summed E-state index contributed by atoms with van der Waals surface area (Å²) >= 11 is 0. The summed E-state index contributed by atoms with van der Waals surface area (Å²) in [6.07, 6.45) is 0. The molecule has 0 amide bonds. The lowest BCUT2D eigenvalue weighted by molar-refractivity contribution is 0.101. The van der Waals surface area contributed by atoms with Crippen LogP contribution in [0, 0.1) is 20.8 Å². The van der Waals surface area contributed by atoms with Gasteiger partial charge in [-0.25, -0.2) is 0 Å². The highest BCUT2D eigenvalue weighted by Gasteiger charge is 2.16. The lowest BCUT2D eigenvalue weighted by Crippen LogP contribution is -2.07. The summed E-state index contributed by atoms with van der Waals surface area (Å²) in [6.45, 7) is 12.2. The van der Waals surface area contributed by atoms with Crippen molar-refractivity contribution in [1.82, 2.24) is 0 Å². The quantitative estimate of drug-likeness (QED) is 0.667. The fraction of sp³-hybridized carbons (Fsp3) is 0.500. The molecular weight excluding hydrogens is 184 g/mol. The number of hydrogen-bond acceptors (Lipinski definition) is 1. The van der Waals surface area contributed by atoms with Gasteiger partial charge in [0, 0.05) is 5.56 Å². The van der Waals surface area contributed by atoms with Crippen molar-refractivity contribution in [2.24, 2.45) is 0 Å². The molecule has 82 valence electrons. The molecule has 1 aromatic rings. The smallest absolute Gasteiger partial charge is 0.160 e. The summed E-state index contributed by atoms with van der Waals surface area (Å²) in [4.78, 5) is 11.7. The van der Waals surface area contributed by atoms with Crippen LogP contribution in [0.3, 0.4) is 0 Å². The van der Waals surface area contributed by atoms with E-state index in [0.717, 1.165) is 11.1 Å². The van der Waals surface area contributed by atoms with Gasteiger partial charge >= 0.3 is 0 Å². The first-order valence-electron chi connectivity index (χ1n) is 5.47. The second-order valence-electron chi connectivity index (χ2n) is 4.62. The second-order valence-corrected chi connectivity index (χ2v) is 4.62. The van der Waals surface area contributed by atoms with Crippen molar-refractivity contribution in [1.29, 1.82) is 0 Å². The van der Waals surface area contributed by atoms with Gasteiger partial charge in [-0.05, 0) is 55.9 Å². The van der Waals surface area contributed by atoms with Crippen molar-refractivity contribution in [2.45, 2.75) is 47.5 Å². The Hall–Kier alpha value is -1.11. The van der Waals surface area contributed by atoms with Crippen LogP contribution in [-0.4, -0.2) is 5.78 Å². The van der Waals surface area contributed by atoms with E-state index in [1.807, 2.05) is 6.92 Å². The molecule has 1 nitrogen and oxygen atoms in total. The summed E-state index contributed by atoms with van der Waals surface area (Å²) in [6, 6.07) is 2.16. The maximum Gasteiger partial charge on any atom is 0.160 e. The predicted octanol–water partition coefficient (Wildman–Crippen LogP) is 3.94. The van der Waals surface area contributed by atoms with E-state index in [4.69, 9.17) is 0 Å². The third-order valence-corrected chi connectivity index (χ3v) is 3.16. The van der Waals surface area contributed by atoms with Crippen LogP contribution in [0.5, 0.6) is 0 Å². The van der Waals surface area contributed by atoms with Crippen molar-refractivity contribution in [3.63, 3.8) is 0 Å². The largest absolute Gasteiger partial charge is 0.294 e. The maximum atomic E-state index is 11.7. The van der Waals surface area contributed by atoms with E-state index in [1.54, 1.807) is 6.92 Å². The molecule has 0 fully saturated rings. The summed E-state index contributed by atoms with van der Waals surface area (Å²) in [5.74, 6) is 0.584. The van der Waals surface area contributed by atoms with Gasteiger partial charge in [0.15, 0.2) is 5.78 Å². The third-order valence-electron chi connectivity index (χ3n) is 3.16. The molecule has 0 aliphatic carbocycles. The minimum Gasteiger partial charge on any atom is -0.294 e. The number of rotatable bonds is 2. The summed E-state index contributed by atoms with van der Waals surface area (Å²) < 4.78 is 0. The van der Waals surface area contributed by atoms with E-state index in [9.17, 15) is 4.79 Å². The minimum atomic E-state index is 0.180. The first kappa shape index (κ1) is 12.0. The molecule has 1 heteroatoms. The van der Waals surface area contributed by atoms with Crippen LogP contribution >= 0.6 is 0 Å². The third kappa shape index (κ3) is 2.11. The van der Waals surface area contributed by atoms with Crippen molar-refractivity contribution in [3.05, 3.63) is 33.9 Å². The molecule has 0 radical (unpaired) electrons. The number of hydrogen-bond donors (Lipinski definition) is 0. The molecule has 0 bridgehead atoms. The highest BCUT2D eigenvalue weighted by molar-refractivity contribution is 5.97. The van der Waals surface area contributed by atoms with Crippen LogP contribution in [0.25, 0.3) is 0 Å². The monoisotopic (exact) mass is 204 g/mol. The molecule has 0 spiro atoms. The molecule has 0 saturated heterocycles. The van der Waals surface area contributed by atoms with Crippen molar-refractivity contribution in [2.75, 3.05) is 0 Å². The molecule has 0 aromatic heterocycles. The molecule has 15 heavy (non-hydrogen) atoms. The number of Topliss-reactive ketones (excluding diaryl/α,β-unsaturated/α-hetero) is 1. The Kier molecular flexibility index (Phi) is 3.33. The van der Waals surface area contributed by atoms with Gasteiger partial charge in [-0.15, -0.1) is 0 Å². The lowest BCUT2D eigenvalue weighted by Gasteiger charge is -2.17. The SMILES string of the molecule is CC(=O)c1c(C(C)C)cc(C)c(C)c1C. The fourth-order valence-corrected chi connectivity index (χ4v) is 2.04. The van der Waals surface area contributed by atoms with Crippen molar-refractivity contribution < 1.29 is 4.79 Å². The van der Waals surface area contributed by atoms with Gasteiger partial charge < -0.3 is 0 Å². The van der Waals surface area contributed by atoms with Crippen LogP contribution in [0.4, 0.5) is 0 Å². The van der Waals surface area contributed by atoms with E-state index < -0.39 is 0 Å². The van der Waals surface area contributed by atoms with Gasteiger partial charge in [-0.1, -0.05) is 19.9 Å². The van der Waals surface area contributed by atoms with Crippen LogP contribution in [0.2, 0.25) is 0 Å². The Balaban J connectivity index is 3.58. The van der Waals surface area contributed by atoms with Gasteiger partial charge in [0.1, 0.15) is 0 Å². The molecule has 0 heterocycles. The zero-order valence-electron chi connectivity index (χ0n) is 10.6. The first-order valence-corrected chi connectivity index (χ1v) is 5.47. The standard InChI is InChI=1S/C14H20O/c1-8(2)13-7-9(3)10(4)11(5)14(13)12(6)15/h7-8H,1-6H3. The molecule has 0 aliphatic heterocycles. The Morgan fingerprint density at radius 2 is 1.67 bits per heavy atom. The molecule has 1 aromatic carbocycles. The van der Waals surface area contributed by atoms with Crippen LogP contribution < -0.4 is 0 Å². The van der Waals surface area contributed by atoms with Gasteiger partial charge in [-0.3, -0.25) is 4.79 Å². The van der Waals surface area contributed by atoms with Crippen molar-refractivity contribution >= 4 is 5.78 Å². The van der Waals surface area contributed by atoms with Crippen molar-refractivity contribution in [3.8, 4) is 0 Å². The van der Waals surface area contributed by atoms with Gasteiger partial charge in [0.2, 0.25) is 0 Å². The summed E-state index contributed by atoms with van der Waals surface area (Å²) in [5.41, 5.74) is 5.77. The average Bonchev–Trinajstić information content (AvgIpc) is 2.12. The predicted molar refractivity (Wildman–Crippen MR) is 64.7 cm³/mol. The van der Waals surface area contributed by atoms with Gasteiger partial charge in [0.05, 0.1) is 0 Å². The lowest BCUT2D eigenvalue weighted by atomic mass is 9.87. The number of carbonyl (C=O) groups is 1. The van der Waals surface area contributed by atoms with E-state index in [-0.39, 0.29) is 5.78 Å². The Morgan fingerprint density at radius 3 is 2.07 bits per heavy atom. The Labute approximate surface area is 92.5 Å².